The zero-order valence-corrected chi connectivity index (χ0v) is 15.2. The van der Waals surface area contributed by atoms with E-state index in [1.807, 2.05) is 24.3 Å². The van der Waals surface area contributed by atoms with Gasteiger partial charge >= 0.3 is 0 Å². The van der Waals surface area contributed by atoms with Crippen LogP contribution in [0.3, 0.4) is 0 Å². The lowest BCUT2D eigenvalue weighted by molar-refractivity contribution is 0.0652. The normalized spacial score (nSPS) is 27.9. The Labute approximate surface area is 178 Å². The number of hydrogen-bond donors (Lipinski definition) is 1. The predicted molar refractivity (Wildman–Crippen MR) is 109 cm³/mol. The first-order chi connectivity index (χ1) is 16.9. The Morgan fingerprint density at radius 2 is 1.81 bits per heavy atom. The standard InChI is InChI=1S/C21H25N3O2S/c25-14-16-26-15-13-23-9-11-24(12-10-23)21-17-5-1-3-7-19(17)27-20-8-4-2-6-18(20)22-21/h1-8,25H,9-16H2/i11D2,12D2,14D2,15D2,16D2. The minimum absolute atomic E-state index is 0.0896. The molecule has 0 aliphatic carbocycles. The second kappa shape index (κ2) is 8.89. The summed E-state index contributed by atoms with van der Waals surface area (Å²) in [6, 6.07) is 14.4. The number of para-hydroxylation sites is 1. The topological polar surface area (TPSA) is 48.3 Å². The molecule has 0 atom stereocenters. The minimum Gasteiger partial charge on any atom is -0.394 e. The number of hydrogen-bond acceptors (Lipinski definition) is 6. The molecule has 2 aliphatic rings. The molecular weight excluding hydrogens is 358 g/mol. The maximum Gasteiger partial charge on any atom is 0.137 e. The molecule has 0 unspecified atom stereocenters. The smallest absolute Gasteiger partial charge is 0.137 e. The van der Waals surface area contributed by atoms with Crippen LogP contribution >= 0.6 is 11.8 Å². The maximum absolute atomic E-state index is 9.34. The van der Waals surface area contributed by atoms with E-state index in [1.54, 1.807) is 24.3 Å². The van der Waals surface area contributed by atoms with Gasteiger partial charge in [-0.3, -0.25) is 4.90 Å². The van der Waals surface area contributed by atoms with Crippen molar-refractivity contribution in [2.75, 3.05) is 52.3 Å². The van der Waals surface area contributed by atoms with E-state index in [0.717, 1.165) is 19.6 Å². The number of amidine groups is 1. The van der Waals surface area contributed by atoms with E-state index < -0.39 is 52.3 Å². The quantitative estimate of drug-likeness (QED) is 0.846. The highest BCUT2D eigenvalue weighted by Crippen LogP contribution is 2.40. The molecular formula is C21H25N3O2S. The Morgan fingerprint density at radius 1 is 1.07 bits per heavy atom. The second-order valence-corrected chi connectivity index (χ2v) is 6.84. The zero-order valence-electron chi connectivity index (χ0n) is 24.3. The van der Waals surface area contributed by atoms with Crippen molar-refractivity contribution in [1.82, 2.24) is 9.80 Å². The molecule has 1 fully saturated rings. The molecule has 0 saturated carbocycles. The third kappa shape index (κ3) is 4.35. The van der Waals surface area contributed by atoms with Gasteiger partial charge in [-0.2, -0.15) is 0 Å². The highest BCUT2D eigenvalue weighted by Gasteiger charge is 2.24. The van der Waals surface area contributed by atoms with Crippen LogP contribution in [0.5, 0.6) is 0 Å². The first kappa shape index (κ1) is 10.1. The molecule has 0 aromatic heterocycles. The first-order valence-electron chi connectivity index (χ1n) is 13.3. The summed E-state index contributed by atoms with van der Waals surface area (Å²) in [5, 5.41) is 9.34. The number of aliphatic hydroxyl groups is 1. The summed E-state index contributed by atoms with van der Waals surface area (Å²) in [5.41, 5.74) is 1.10. The number of aliphatic imine (C=N–C) groups is 1. The fraction of sp³-hybridized carbons (Fsp3) is 0.381. The molecule has 2 aliphatic heterocycles. The summed E-state index contributed by atoms with van der Waals surface area (Å²) >= 11 is 1.44. The number of rotatable bonds is 5. The van der Waals surface area contributed by atoms with Gasteiger partial charge in [-0.15, -0.1) is 0 Å². The number of nitrogens with zero attached hydrogens (tertiary/aromatic N) is 3. The van der Waals surface area contributed by atoms with Crippen LogP contribution in [0.2, 0.25) is 0 Å². The van der Waals surface area contributed by atoms with Crippen molar-refractivity contribution in [3.63, 3.8) is 0 Å². The van der Waals surface area contributed by atoms with Crippen LogP contribution in [0.4, 0.5) is 5.69 Å². The van der Waals surface area contributed by atoms with Crippen molar-refractivity contribution in [3.8, 4) is 0 Å². The van der Waals surface area contributed by atoms with Crippen molar-refractivity contribution in [2.45, 2.75) is 9.79 Å². The van der Waals surface area contributed by atoms with Crippen LogP contribution in [0.1, 0.15) is 19.3 Å². The fourth-order valence-corrected chi connectivity index (χ4v) is 3.75. The van der Waals surface area contributed by atoms with E-state index in [0.29, 0.717) is 11.3 Å². The molecule has 0 spiro atoms. The summed E-state index contributed by atoms with van der Waals surface area (Å²) in [6.07, 6.45) is 0. The van der Waals surface area contributed by atoms with Crippen LogP contribution < -0.4 is 0 Å². The van der Waals surface area contributed by atoms with E-state index in [9.17, 15) is 5.11 Å². The highest BCUT2D eigenvalue weighted by atomic mass is 32.2. The highest BCUT2D eigenvalue weighted by molar-refractivity contribution is 7.99. The predicted octanol–water partition coefficient (Wildman–Crippen LogP) is 2.86. The molecule has 27 heavy (non-hydrogen) atoms. The van der Waals surface area contributed by atoms with Crippen LogP contribution in [0.15, 0.2) is 63.3 Å². The van der Waals surface area contributed by atoms with E-state index in [1.165, 1.54) is 11.8 Å². The monoisotopic (exact) mass is 393 g/mol. The molecule has 2 aromatic carbocycles. The number of fused-ring (bicyclic) bond motifs is 2. The lowest BCUT2D eigenvalue weighted by Gasteiger charge is -2.36. The molecule has 2 aromatic rings. The lowest BCUT2D eigenvalue weighted by Crippen LogP contribution is -2.49. The van der Waals surface area contributed by atoms with Gasteiger partial charge in [-0.25, -0.2) is 4.99 Å². The van der Waals surface area contributed by atoms with E-state index in [2.05, 4.69) is 9.73 Å². The molecule has 5 nitrogen and oxygen atoms in total. The molecule has 0 radical (unpaired) electrons. The van der Waals surface area contributed by atoms with Gasteiger partial charge in [0.05, 0.1) is 39.1 Å². The average Bonchev–Trinajstić information content (AvgIpc) is 2.86. The first-order valence-corrected chi connectivity index (χ1v) is 9.14. The van der Waals surface area contributed by atoms with Crippen molar-refractivity contribution >= 4 is 23.3 Å². The summed E-state index contributed by atoms with van der Waals surface area (Å²) in [5.74, 6) is 0.0896. The molecule has 0 bridgehead atoms. The van der Waals surface area contributed by atoms with Gasteiger partial charge in [-0.05, 0) is 18.2 Å². The van der Waals surface area contributed by atoms with Gasteiger partial charge in [-0.1, -0.05) is 42.1 Å². The number of ether oxygens (including phenoxy) is 1. The van der Waals surface area contributed by atoms with Crippen molar-refractivity contribution in [3.05, 3.63) is 54.1 Å². The Bertz CT molecular complexity index is 1190. The van der Waals surface area contributed by atoms with E-state index in [-0.39, 0.29) is 5.84 Å². The Morgan fingerprint density at radius 3 is 2.63 bits per heavy atom. The van der Waals surface area contributed by atoms with Gasteiger partial charge in [0, 0.05) is 48.0 Å². The number of benzene rings is 2. The molecule has 1 N–H and O–H groups in total. The van der Waals surface area contributed by atoms with Gasteiger partial charge in [0.25, 0.3) is 0 Å². The molecule has 0 amide bonds. The Hall–Kier alpha value is -1.86. The summed E-state index contributed by atoms with van der Waals surface area (Å²) in [6.45, 7) is -16.3. The van der Waals surface area contributed by atoms with Crippen LogP contribution in [-0.2, 0) is 4.74 Å². The third-order valence-corrected chi connectivity index (χ3v) is 5.15. The largest absolute Gasteiger partial charge is 0.394 e. The minimum atomic E-state index is -3.50. The molecule has 4 rings (SSSR count). The Balaban J connectivity index is 1.67. The average molecular weight is 394 g/mol. The zero-order chi connectivity index (χ0) is 27.4. The van der Waals surface area contributed by atoms with Crippen LogP contribution in [0.25, 0.3) is 0 Å². The fourth-order valence-electron chi connectivity index (χ4n) is 2.74. The van der Waals surface area contributed by atoms with Gasteiger partial charge in [0.15, 0.2) is 0 Å². The second-order valence-electron chi connectivity index (χ2n) is 5.76. The molecule has 1 saturated heterocycles. The summed E-state index contributed by atoms with van der Waals surface area (Å²) in [7, 11) is 0. The van der Waals surface area contributed by atoms with Crippen LogP contribution in [0, 0.1) is 0 Å². The summed E-state index contributed by atoms with van der Waals surface area (Å²) < 4.78 is 85.0. The third-order valence-electron chi connectivity index (χ3n) is 4.01. The van der Waals surface area contributed by atoms with E-state index in [4.69, 9.17) is 13.7 Å². The number of piperazine rings is 1. The maximum atomic E-state index is 9.34. The van der Waals surface area contributed by atoms with Crippen molar-refractivity contribution in [1.29, 1.82) is 0 Å². The SMILES string of the molecule is [2H]C([2H])(CN1CC([2H])([2H])N(C2=Nc3ccccc3Sc3ccccc32)C([2H])([2H])C1)OC([2H])([2H])C([2H])([2H])O. The molecule has 6 heteroatoms. The van der Waals surface area contributed by atoms with Gasteiger partial charge in [0.1, 0.15) is 5.84 Å². The van der Waals surface area contributed by atoms with Crippen LogP contribution in [-0.4, -0.2) is 73.0 Å². The molecule has 142 valence electrons. The Kier molecular flexibility index (Phi) is 3.31. The van der Waals surface area contributed by atoms with Gasteiger partial charge in [0.2, 0.25) is 0 Å². The van der Waals surface area contributed by atoms with E-state index >= 15 is 0 Å². The summed E-state index contributed by atoms with van der Waals surface area (Å²) in [4.78, 5) is 8.33. The molecule has 2 heterocycles. The lowest BCUT2D eigenvalue weighted by atomic mass is 10.1. The van der Waals surface area contributed by atoms with Crippen molar-refractivity contribution in [2.24, 2.45) is 4.99 Å². The van der Waals surface area contributed by atoms with Gasteiger partial charge < -0.3 is 14.7 Å². The van der Waals surface area contributed by atoms with Crippen molar-refractivity contribution < 1.29 is 23.6 Å².